The molecular weight excluding hydrogens is 212 g/mol. The van der Waals surface area contributed by atoms with Gasteiger partial charge in [0, 0.05) is 12.6 Å². The molecule has 2 aromatic rings. The summed E-state index contributed by atoms with van der Waals surface area (Å²) in [5, 5.41) is 4.23. The number of carbonyl (C=O) groups excluding carboxylic acids is 1. The summed E-state index contributed by atoms with van der Waals surface area (Å²) in [7, 11) is 0. The minimum absolute atomic E-state index is 0.217. The van der Waals surface area contributed by atoms with Gasteiger partial charge in [0.25, 0.3) is 0 Å². The lowest BCUT2D eigenvalue weighted by Crippen LogP contribution is -1.98. The quantitative estimate of drug-likeness (QED) is 0.751. The van der Waals surface area contributed by atoms with Gasteiger partial charge in [0.15, 0.2) is 5.78 Å². The Bertz CT molecular complexity index is 526. The topological polar surface area (TPSA) is 34.9 Å². The van der Waals surface area contributed by atoms with E-state index in [4.69, 9.17) is 0 Å². The summed E-state index contributed by atoms with van der Waals surface area (Å²) in [5.74, 6) is 0.845. The number of hydrogen-bond donors (Lipinski definition) is 0. The average Bonchev–Trinajstić information content (AvgIpc) is 3.04. The minimum Gasteiger partial charge on any atom is -0.294 e. The van der Waals surface area contributed by atoms with Crippen LogP contribution in [0, 0.1) is 5.92 Å². The monoisotopic (exact) mass is 226 g/mol. The Kier molecular flexibility index (Phi) is 2.52. The van der Waals surface area contributed by atoms with Crippen molar-refractivity contribution in [2.45, 2.75) is 19.3 Å². The third kappa shape index (κ3) is 2.28. The number of Topliss-reactive ketones (excluding diaryl/α,β-unsaturated/α-hetero) is 1. The molecule has 0 amide bonds. The molecule has 1 aromatic heterocycles. The van der Waals surface area contributed by atoms with E-state index >= 15 is 0 Å². The number of para-hydroxylation sites is 1. The highest BCUT2D eigenvalue weighted by atomic mass is 16.1. The summed E-state index contributed by atoms with van der Waals surface area (Å²) < 4.78 is 1.75. The smallest absolute Gasteiger partial charge is 0.166 e. The Morgan fingerprint density at radius 2 is 2.06 bits per heavy atom. The molecule has 1 heterocycles. The van der Waals surface area contributed by atoms with Crippen LogP contribution >= 0.6 is 0 Å². The molecule has 1 aliphatic carbocycles. The number of nitrogens with zero attached hydrogens (tertiary/aromatic N) is 2. The summed E-state index contributed by atoms with van der Waals surface area (Å²) in [4.78, 5) is 11.9. The molecule has 0 unspecified atom stereocenters. The molecule has 0 spiro atoms. The number of carbonyl (C=O) groups is 1. The summed E-state index contributed by atoms with van der Waals surface area (Å²) in [6, 6.07) is 9.84. The average molecular weight is 226 g/mol. The molecule has 0 aliphatic heterocycles. The van der Waals surface area contributed by atoms with Crippen molar-refractivity contribution in [1.82, 2.24) is 9.78 Å². The molecule has 0 N–H and O–H groups in total. The third-order valence-corrected chi connectivity index (χ3v) is 3.10. The Morgan fingerprint density at radius 1 is 1.29 bits per heavy atom. The van der Waals surface area contributed by atoms with Crippen LogP contribution < -0.4 is 0 Å². The first-order valence-electron chi connectivity index (χ1n) is 5.96. The van der Waals surface area contributed by atoms with Crippen molar-refractivity contribution in [3.05, 3.63) is 48.3 Å². The number of hydrogen-bond acceptors (Lipinski definition) is 2. The van der Waals surface area contributed by atoms with Gasteiger partial charge in [-0.05, 0) is 30.9 Å². The number of benzene rings is 1. The first-order chi connectivity index (χ1) is 8.33. The van der Waals surface area contributed by atoms with Gasteiger partial charge in [-0.2, -0.15) is 5.10 Å². The third-order valence-electron chi connectivity index (χ3n) is 3.10. The lowest BCUT2D eigenvalue weighted by Gasteiger charge is -1.99. The van der Waals surface area contributed by atoms with E-state index in [1.807, 2.05) is 36.5 Å². The summed E-state index contributed by atoms with van der Waals surface area (Å²) in [6.07, 6.45) is 6.58. The Labute approximate surface area is 100 Å². The number of ketones is 1. The van der Waals surface area contributed by atoms with Crippen LogP contribution in [0.25, 0.3) is 5.69 Å². The fourth-order valence-corrected chi connectivity index (χ4v) is 1.89. The van der Waals surface area contributed by atoms with Gasteiger partial charge in [0.05, 0.1) is 17.4 Å². The molecule has 0 bridgehead atoms. The predicted octanol–water partition coefficient (Wildman–Crippen LogP) is 2.86. The van der Waals surface area contributed by atoms with E-state index in [9.17, 15) is 4.79 Å². The molecule has 17 heavy (non-hydrogen) atoms. The largest absolute Gasteiger partial charge is 0.294 e. The van der Waals surface area contributed by atoms with Crippen LogP contribution in [0.2, 0.25) is 0 Å². The van der Waals surface area contributed by atoms with E-state index in [2.05, 4.69) is 5.10 Å². The van der Waals surface area contributed by atoms with E-state index in [-0.39, 0.29) is 5.78 Å². The van der Waals surface area contributed by atoms with Crippen molar-refractivity contribution in [1.29, 1.82) is 0 Å². The number of rotatable bonds is 4. The van der Waals surface area contributed by atoms with Crippen LogP contribution in [0.5, 0.6) is 0 Å². The van der Waals surface area contributed by atoms with Crippen molar-refractivity contribution >= 4 is 5.78 Å². The Hall–Kier alpha value is -1.90. The highest BCUT2D eigenvalue weighted by Gasteiger charge is 2.25. The molecule has 3 heteroatoms. The first kappa shape index (κ1) is 10.3. The maximum atomic E-state index is 11.9. The van der Waals surface area contributed by atoms with Crippen molar-refractivity contribution in [3.63, 3.8) is 0 Å². The van der Waals surface area contributed by atoms with Gasteiger partial charge >= 0.3 is 0 Å². The molecule has 3 nitrogen and oxygen atoms in total. The fourth-order valence-electron chi connectivity index (χ4n) is 1.89. The van der Waals surface area contributed by atoms with Gasteiger partial charge < -0.3 is 0 Å². The highest BCUT2D eigenvalue weighted by Crippen LogP contribution is 2.33. The van der Waals surface area contributed by atoms with Crippen LogP contribution in [0.15, 0.2) is 42.7 Å². The van der Waals surface area contributed by atoms with E-state index in [0.717, 1.165) is 11.3 Å². The van der Waals surface area contributed by atoms with Crippen LogP contribution in [0.3, 0.4) is 0 Å². The molecule has 1 aromatic carbocycles. The van der Waals surface area contributed by atoms with Crippen molar-refractivity contribution < 1.29 is 4.79 Å². The van der Waals surface area contributed by atoms with Crippen molar-refractivity contribution in [3.8, 4) is 5.69 Å². The maximum absolute atomic E-state index is 11.9. The second kappa shape index (κ2) is 4.17. The van der Waals surface area contributed by atoms with E-state index < -0.39 is 0 Å². The SMILES string of the molecule is O=C(CC1CC1)c1cnn(-c2ccccc2)c1. The van der Waals surface area contributed by atoms with E-state index in [1.54, 1.807) is 10.9 Å². The molecule has 86 valence electrons. The lowest BCUT2D eigenvalue weighted by atomic mass is 10.1. The van der Waals surface area contributed by atoms with Gasteiger partial charge in [-0.3, -0.25) is 4.79 Å². The van der Waals surface area contributed by atoms with Gasteiger partial charge in [0.1, 0.15) is 0 Å². The second-order valence-corrected chi connectivity index (χ2v) is 4.58. The van der Waals surface area contributed by atoms with Crippen molar-refractivity contribution in [2.24, 2.45) is 5.92 Å². The molecule has 1 aliphatic rings. The Morgan fingerprint density at radius 3 is 2.76 bits per heavy atom. The summed E-state index contributed by atoms with van der Waals surface area (Å²) in [5.41, 5.74) is 1.71. The Balaban J connectivity index is 1.80. The van der Waals surface area contributed by atoms with Gasteiger partial charge in [-0.25, -0.2) is 4.68 Å². The van der Waals surface area contributed by atoms with Crippen molar-refractivity contribution in [2.75, 3.05) is 0 Å². The predicted molar refractivity (Wildman–Crippen MR) is 65.2 cm³/mol. The molecule has 1 saturated carbocycles. The molecule has 3 rings (SSSR count). The first-order valence-corrected chi connectivity index (χ1v) is 5.96. The number of aromatic nitrogens is 2. The van der Waals surface area contributed by atoms with Gasteiger partial charge in [-0.15, -0.1) is 0 Å². The van der Waals surface area contributed by atoms with Crippen LogP contribution in [-0.2, 0) is 0 Å². The fraction of sp³-hybridized carbons (Fsp3) is 0.286. The molecule has 0 atom stereocenters. The standard InChI is InChI=1S/C14H14N2O/c17-14(8-11-6-7-11)12-9-15-16(10-12)13-4-2-1-3-5-13/h1-5,9-11H,6-8H2. The van der Waals surface area contributed by atoms with E-state index in [0.29, 0.717) is 12.3 Å². The summed E-state index contributed by atoms with van der Waals surface area (Å²) >= 11 is 0. The van der Waals surface area contributed by atoms with Gasteiger partial charge in [0.2, 0.25) is 0 Å². The molecule has 1 fully saturated rings. The van der Waals surface area contributed by atoms with Crippen LogP contribution in [0.1, 0.15) is 29.6 Å². The maximum Gasteiger partial charge on any atom is 0.166 e. The zero-order valence-corrected chi connectivity index (χ0v) is 9.54. The van der Waals surface area contributed by atoms with Gasteiger partial charge in [-0.1, -0.05) is 18.2 Å². The summed E-state index contributed by atoms with van der Waals surface area (Å²) in [6.45, 7) is 0. The van der Waals surface area contributed by atoms with Crippen LogP contribution in [0.4, 0.5) is 0 Å². The normalized spacial score (nSPS) is 14.8. The zero-order valence-electron chi connectivity index (χ0n) is 9.54. The molecule has 0 saturated heterocycles. The second-order valence-electron chi connectivity index (χ2n) is 4.58. The highest BCUT2D eigenvalue weighted by molar-refractivity contribution is 5.96. The van der Waals surface area contributed by atoms with Crippen LogP contribution in [-0.4, -0.2) is 15.6 Å². The minimum atomic E-state index is 0.217. The van der Waals surface area contributed by atoms with E-state index in [1.165, 1.54) is 12.8 Å². The zero-order chi connectivity index (χ0) is 11.7. The lowest BCUT2D eigenvalue weighted by molar-refractivity contribution is 0.0976. The molecular formula is C14H14N2O. The molecule has 0 radical (unpaired) electrons.